The van der Waals surface area contributed by atoms with Crippen LogP contribution in [0.15, 0.2) is 0 Å². The average molecular weight is 189 g/mol. The van der Waals surface area contributed by atoms with E-state index in [1.54, 1.807) is 7.11 Å². The van der Waals surface area contributed by atoms with Gasteiger partial charge in [-0.05, 0) is 20.4 Å². The minimum absolute atomic E-state index is 0.123. The first-order valence-corrected chi connectivity index (χ1v) is 5.08. The summed E-state index contributed by atoms with van der Waals surface area (Å²) >= 11 is 0. The maximum absolute atomic E-state index is 9.54. The van der Waals surface area contributed by atoms with E-state index in [2.05, 4.69) is 4.90 Å². The highest BCUT2D eigenvalue weighted by molar-refractivity contribution is 4.88. The summed E-state index contributed by atoms with van der Waals surface area (Å²) < 4.78 is 5.17. The molecule has 3 nitrogen and oxygen atoms in total. The van der Waals surface area contributed by atoms with Crippen LogP contribution in [0.3, 0.4) is 0 Å². The third-order valence-corrected chi connectivity index (χ3v) is 2.53. The molecule has 1 aliphatic heterocycles. The van der Waals surface area contributed by atoms with Crippen molar-refractivity contribution in [2.75, 3.05) is 20.7 Å². The molecule has 0 aromatic heterocycles. The van der Waals surface area contributed by atoms with E-state index in [-0.39, 0.29) is 18.2 Å². The van der Waals surface area contributed by atoms with Crippen LogP contribution in [0.4, 0.5) is 0 Å². The van der Waals surface area contributed by atoms with Gasteiger partial charge in [0.2, 0.25) is 0 Å². The quantitative estimate of drug-likeness (QED) is 0.706. The van der Waals surface area contributed by atoms with Crippen molar-refractivity contribution in [1.29, 1.82) is 0 Å². The fraction of sp³-hybridized carbons (Fsp3) is 1.00. The lowest BCUT2D eigenvalue weighted by molar-refractivity contribution is 0.00586. The first kappa shape index (κ1) is 12.9. The highest BCUT2D eigenvalue weighted by Crippen LogP contribution is 2.19. The van der Waals surface area contributed by atoms with E-state index >= 15 is 0 Å². The molecule has 0 bridgehead atoms. The molecule has 0 spiro atoms. The fourth-order valence-electron chi connectivity index (χ4n) is 1.76. The van der Waals surface area contributed by atoms with Crippen LogP contribution in [0.2, 0.25) is 0 Å². The molecule has 1 rings (SSSR count). The topological polar surface area (TPSA) is 32.7 Å². The van der Waals surface area contributed by atoms with Gasteiger partial charge in [0.15, 0.2) is 0 Å². The van der Waals surface area contributed by atoms with Crippen molar-refractivity contribution < 1.29 is 9.84 Å². The second kappa shape index (κ2) is 6.35. The van der Waals surface area contributed by atoms with Gasteiger partial charge in [-0.1, -0.05) is 13.8 Å². The first-order valence-electron chi connectivity index (χ1n) is 5.08. The summed E-state index contributed by atoms with van der Waals surface area (Å²) in [5, 5.41) is 9.54. The zero-order valence-electron chi connectivity index (χ0n) is 9.45. The third kappa shape index (κ3) is 3.25. The van der Waals surface area contributed by atoms with Gasteiger partial charge in [-0.2, -0.15) is 0 Å². The van der Waals surface area contributed by atoms with Crippen LogP contribution < -0.4 is 0 Å². The number of hydrogen-bond acceptors (Lipinski definition) is 3. The number of ether oxygens (including phenoxy) is 1. The summed E-state index contributed by atoms with van der Waals surface area (Å²) in [6, 6.07) is 0.181. The van der Waals surface area contributed by atoms with E-state index in [0.717, 1.165) is 13.0 Å². The Balaban J connectivity index is 0.000000671. The van der Waals surface area contributed by atoms with Crippen molar-refractivity contribution in [3.05, 3.63) is 0 Å². The van der Waals surface area contributed by atoms with Gasteiger partial charge < -0.3 is 9.84 Å². The molecule has 0 aliphatic carbocycles. The summed E-state index contributed by atoms with van der Waals surface area (Å²) in [6.07, 6.45) is 0.780. The standard InChI is InChI=1S/C8H17NO2.C2H6/c1-6(11-3)8-7(10)4-5-9(8)2;1-2/h6-8,10H,4-5H2,1-3H3;1-2H3/t6-,7-,8+;/m0./s1. The zero-order valence-corrected chi connectivity index (χ0v) is 9.45. The van der Waals surface area contributed by atoms with Crippen molar-refractivity contribution in [1.82, 2.24) is 4.90 Å². The Morgan fingerprint density at radius 1 is 1.46 bits per heavy atom. The van der Waals surface area contributed by atoms with Crippen LogP contribution in [0.1, 0.15) is 27.2 Å². The molecule has 1 N–H and O–H groups in total. The van der Waals surface area contributed by atoms with Crippen LogP contribution in [0, 0.1) is 0 Å². The van der Waals surface area contributed by atoms with Crippen molar-refractivity contribution >= 4 is 0 Å². The van der Waals surface area contributed by atoms with Gasteiger partial charge in [-0.15, -0.1) is 0 Å². The Hall–Kier alpha value is -0.120. The molecule has 1 aliphatic rings. The summed E-state index contributed by atoms with van der Waals surface area (Å²) in [7, 11) is 3.71. The molecular weight excluding hydrogens is 166 g/mol. The Morgan fingerprint density at radius 3 is 2.31 bits per heavy atom. The number of likely N-dealkylation sites (tertiary alicyclic amines) is 1. The molecule has 80 valence electrons. The average Bonchev–Trinajstić information content (AvgIpc) is 2.49. The second-order valence-electron chi connectivity index (χ2n) is 3.27. The molecule has 3 atom stereocenters. The Kier molecular flexibility index (Phi) is 6.29. The molecule has 0 amide bonds. The molecule has 0 aromatic carbocycles. The minimum Gasteiger partial charge on any atom is -0.391 e. The molecule has 0 saturated carbocycles. The van der Waals surface area contributed by atoms with E-state index in [0.29, 0.717) is 0 Å². The van der Waals surface area contributed by atoms with Crippen LogP contribution >= 0.6 is 0 Å². The van der Waals surface area contributed by atoms with E-state index < -0.39 is 0 Å². The largest absolute Gasteiger partial charge is 0.391 e. The number of nitrogens with zero attached hydrogens (tertiary/aromatic N) is 1. The Labute approximate surface area is 81.7 Å². The lowest BCUT2D eigenvalue weighted by atomic mass is 10.1. The monoisotopic (exact) mass is 189 g/mol. The summed E-state index contributed by atoms with van der Waals surface area (Å²) in [6.45, 7) is 6.97. The number of aliphatic hydroxyl groups excluding tert-OH is 1. The molecule has 1 fully saturated rings. The molecule has 3 heteroatoms. The fourth-order valence-corrected chi connectivity index (χ4v) is 1.76. The van der Waals surface area contributed by atoms with Gasteiger partial charge in [-0.3, -0.25) is 4.90 Å². The van der Waals surface area contributed by atoms with Crippen molar-refractivity contribution in [3.8, 4) is 0 Å². The molecule has 1 saturated heterocycles. The number of aliphatic hydroxyl groups is 1. The minimum atomic E-state index is -0.213. The predicted octanol–water partition coefficient (Wildman–Crippen LogP) is 1.11. The van der Waals surface area contributed by atoms with Gasteiger partial charge in [0.25, 0.3) is 0 Å². The smallest absolute Gasteiger partial charge is 0.0732 e. The number of rotatable bonds is 2. The van der Waals surface area contributed by atoms with Crippen LogP contribution in [-0.4, -0.2) is 49.0 Å². The molecular formula is C10H23NO2. The van der Waals surface area contributed by atoms with Crippen molar-refractivity contribution in [3.63, 3.8) is 0 Å². The Bertz CT molecular complexity index is 120. The maximum Gasteiger partial charge on any atom is 0.0732 e. The van der Waals surface area contributed by atoms with E-state index in [1.807, 2.05) is 27.8 Å². The lowest BCUT2D eigenvalue weighted by Gasteiger charge is -2.27. The highest BCUT2D eigenvalue weighted by Gasteiger charge is 2.34. The van der Waals surface area contributed by atoms with Gasteiger partial charge in [-0.25, -0.2) is 0 Å². The normalized spacial score (nSPS) is 30.9. The molecule has 1 heterocycles. The summed E-state index contributed by atoms with van der Waals surface area (Å²) in [5.41, 5.74) is 0. The first-order chi connectivity index (χ1) is 6.16. The van der Waals surface area contributed by atoms with Crippen molar-refractivity contribution in [2.24, 2.45) is 0 Å². The molecule has 13 heavy (non-hydrogen) atoms. The van der Waals surface area contributed by atoms with Crippen LogP contribution in [0.5, 0.6) is 0 Å². The van der Waals surface area contributed by atoms with Crippen LogP contribution in [-0.2, 0) is 4.74 Å². The highest BCUT2D eigenvalue weighted by atomic mass is 16.5. The third-order valence-electron chi connectivity index (χ3n) is 2.53. The van der Waals surface area contributed by atoms with E-state index in [9.17, 15) is 5.11 Å². The van der Waals surface area contributed by atoms with Gasteiger partial charge in [0, 0.05) is 13.7 Å². The van der Waals surface area contributed by atoms with Gasteiger partial charge in [0.05, 0.1) is 18.2 Å². The van der Waals surface area contributed by atoms with Gasteiger partial charge >= 0.3 is 0 Å². The van der Waals surface area contributed by atoms with Gasteiger partial charge in [0.1, 0.15) is 0 Å². The summed E-state index contributed by atoms with van der Waals surface area (Å²) in [4.78, 5) is 2.15. The van der Waals surface area contributed by atoms with Crippen molar-refractivity contribution in [2.45, 2.75) is 45.4 Å². The van der Waals surface area contributed by atoms with Crippen LogP contribution in [0.25, 0.3) is 0 Å². The van der Waals surface area contributed by atoms with E-state index in [4.69, 9.17) is 4.74 Å². The predicted molar refractivity (Wildman–Crippen MR) is 54.9 cm³/mol. The number of likely N-dealkylation sites (N-methyl/N-ethyl adjacent to an activating group) is 1. The molecule has 0 radical (unpaired) electrons. The number of methoxy groups -OCH3 is 1. The maximum atomic E-state index is 9.54. The summed E-state index contributed by atoms with van der Waals surface area (Å²) in [5.74, 6) is 0. The lowest BCUT2D eigenvalue weighted by Crippen LogP contribution is -2.42. The molecule has 0 aromatic rings. The van der Waals surface area contributed by atoms with E-state index in [1.165, 1.54) is 0 Å². The second-order valence-corrected chi connectivity index (χ2v) is 3.27. The zero-order chi connectivity index (χ0) is 10.4. The number of hydrogen-bond donors (Lipinski definition) is 1. The molecule has 0 unspecified atom stereocenters. The Morgan fingerprint density at radius 2 is 2.00 bits per heavy atom. The SMILES string of the molecule is CC.CO[C@@H](C)[C@@H]1[C@@H](O)CCN1C.